The van der Waals surface area contributed by atoms with Gasteiger partial charge in [-0.05, 0) is 72.8 Å². The van der Waals surface area contributed by atoms with Crippen molar-refractivity contribution in [2.24, 2.45) is 0 Å². The Labute approximate surface area is 254 Å². The molecule has 0 aliphatic heterocycles. The molecule has 39 heavy (non-hydrogen) atoms. The van der Waals surface area contributed by atoms with Crippen molar-refractivity contribution in [3.63, 3.8) is 0 Å². The van der Waals surface area contributed by atoms with E-state index in [0.29, 0.717) is 0 Å². The summed E-state index contributed by atoms with van der Waals surface area (Å²) in [6, 6.07) is 34.6. The standard InChI is InChI=1S/2C10H8N2.2C5H5N.2ClH.Ru/c2*1-3-7-11-9(5-1)10-6-2-4-8-12-10;2*1-2-4-6-5-3-1;;;/h2*1-8H;2*1-5H;2*1H;/q;;;;;;+2/p-2. The molecule has 6 nitrogen and oxygen atoms in total. The van der Waals surface area contributed by atoms with Gasteiger partial charge in [-0.3, -0.25) is 29.9 Å². The van der Waals surface area contributed by atoms with Crippen LogP contribution in [0.1, 0.15) is 0 Å². The van der Waals surface area contributed by atoms with Crippen LogP contribution >= 0.6 is 0 Å². The summed E-state index contributed by atoms with van der Waals surface area (Å²) in [5.74, 6) is 0. The van der Waals surface area contributed by atoms with Gasteiger partial charge in [-0.25, -0.2) is 0 Å². The zero-order chi connectivity index (χ0) is 24.9. The smallest absolute Gasteiger partial charge is 1.00 e. The van der Waals surface area contributed by atoms with Crippen molar-refractivity contribution in [3.05, 3.63) is 159 Å². The molecule has 0 spiro atoms. The molecular formula is C30H26Cl2N6Ru. The normalized spacial score (nSPS) is 8.41. The van der Waals surface area contributed by atoms with E-state index in [-0.39, 0.29) is 44.3 Å². The monoisotopic (exact) mass is 642 g/mol. The predicted molar refractivity (Wildman–Crippen MR) is 143 cm³/mol. The first kappa shape index (κ1) is 35.1. The van der Waals surface area contributed by atoms with Gasteiger partial charge in [-0.1, -0.05) is 36.4 Å². The third-order valence-electron chi connectivity index (χ3n) is 4.32. The topological polar surface area (TPSA) is 77.3 Å². The molecule has 0 saturated carbocycles. The quantitative estimate of drug-likeness (QED) is 0.256. The summed E-state index contributed by atoms with van der Waals surface area (Å²) in [6.45, 7) is 0. The summed E-state index contributed by atoms with van der Waals surface area (Å²) in [7, 11) is 0. The van der Waals surface area contributed by atoms with Crippen LogP contribution in [0, 0.1) is 0 Å². The van der Waals surface area contributed by atoms with Crippen LogP contribution in [0.15, 0.2) is 159 Å². The summed E-state index contributed by atoms with van der Waals surface area (Å²) in [5.41, 5.74) is 3.66. The van der Waals surface area contributed by atoms with Crippen LogP contribution in [0.5, 0.6) is 0 Å². The summed E-state index contributed by atoms with van der Waals surface area (Å²) in [6.07, 6.45) is 14.1. The molecule has 0 aliphatic rings. The molecule has 6 heterocycles. The van der Waals surface area contributed by atoms with Crippen molar-refractivity contribution in [1.82, 2.24) is 29.9 Å². The third kappa shape index (κ3) is 15.2. The second kappa shape index (κ2) is 23.2. The second-order valence-corrected chi connectivity index (χ2v) is 6.91. The summed E-state index contributed by atoms with van der Waals surface area (Å²) >= 11 is 0. The third-order valence-corrected chi connectivity index (χ3v) is 4.32. The SMILES string of the molecule is [Cl-].[Cl-].[Ru+2].c1ccc(-c2ccccn2)nc1.c1ccc(-c2ccccn2)nc1.c1ccncc1.c1ccncc1. The first-order chi connectivity index (χ1) is 17.9. The number of hydrogen-bond donors (Lipinski definition) is 0. The maximum absolute atomic E-state index is 4.19. The van der Waals surface area contributed by atoms with Crippen molar-refractivity contribution in [2.45, 2.75) is 0 Å². The van der Waals surface area contributed by atoms with Crippen molar-refractivity contribution < 1.29 is 44.3 Å². The van der Waals surface area contributed by atoms with E-state index in [1.54, 1.807) is 49.6 Å². The maximum atomic E-state index is 4.19. The van der Waals surface area contributed by atoms with Gasteiger partial charge in [0, 0.05) is 49.6 Å². The van der Waals surface area contributed by atoms with Gasteiger partial charge in [-0.2, -0.15) is 0 Å². The zero-order valence-corrected chi connectivity index (χ0v) is 24.1. The molecule has 0 saturated heterocycles. The Morgan fingerprint density at radius 3 is 0.641 bits per heavy atom. The summed E-state index contributed by atoms with van der Waals surface area (Å²) in [4.78, 5) is 24.3. The van der Waals surface area contributed by atoms with Crippen LogP contribution in [0.25, 0.3) is 22.8 Å². The molecule has 9 heteroatoms. The minimum atomic E-state index is 0. The molecular weight excluding hydrogens is 616 g/mol. The van der Waals surface area contributed by atoms with Crippen LogP contribution in [0.4, 0.5) is 0 Å². The van der Waals surface area contributed by atoms with Crippen LogP contribution in [0.2, 0.25) is 0 Å². The largest absolute Gasteiger partial charge is 2.00 e. The van der Waals surface area contributed by atoms with Crippen molar-refractivity contribution in [3.8, 4) is 22.8 Å². The van der Waals surface area contributed by atoms with Crippen molar-refractivity contribution in [2.75, 3.05) is 0 Å². The molecule has 0 aromatic carbocycles. The van der Waals surface area contributed by atoms with Crippen LogP contribution in [0.3, 0.4) is 0 Å². The minimum absolute atomic E-state index is 0. The van der Waals surface area contributed by atoms with E-state index in [1.807, 2.05) is 109 Å². The molecule has 6 aromatic rings. The molecule has 0 bridgehead atoms. The van der Waals surface area contributed by atoms with Gasteiger partial charge < -0.3 is 24.8 Å². The van der Waals surface area contributed by atoms with Gasteiger partial charge >= 0.3 is 19.5 Å². The number of halogens is 2. The van der Waals surface area contributed by atoms with Crippen molar-refractivity contribution in [1.29, 1.82) is 0 Å². The van der Waals surface area contributed by atoms with Gasteiger partial charge in [0.15, 0.2) is 0 Å². The number of aromatic nitrogens is 6. The molecule has 0 radical (unpaired) electrons. The van der Waals surface area contributed by atoms with E-state index in [4.69, 9.17) is 0 Å². The van der Waals surface area contributed by atoms with E-state index >= 15 is 0 Å². The molecule has 0 fully saturated rings. The Balaban J connectivity index is 0.000000504. The van der Waals surface area contributed by atoms with Crippen LogP contribution < -0.4 is 24.8 Å². The fourth-order valence-electron chi connectivity index (χ4n) is 2.68. The number of nitrogens with zero attached hydrogens (tertiary/aromatic N) is 6. The first-order valence-electron chi connectivity index (χ1n) is 11.3. The van der Waals surface area contributed by atoms with Gasteiger partial charge in [0.1, 0.15) is 0 Å². The van der Waals surface area contributed by atoms with Crippen LogP contribution in [-0.4, -0.2) is 29.9 Å². The molecule has 0 amide bonds. The average molecular weight is 643 g/mol. The predicted octanol–water partition coefficient (Wildman–Crippen LogP) is 0.456. The molecule has 6 rings (SSSR count). The fourth-order valence-corrected chi connectivity index (χ4v) is 2.68. The van der Waals surface area contributed by atoms with Gasteiger partial charge in [0.05, 0.1) is 22.8 Å². The van der Waals surface area contributed by atoms with E-state index in [1.165, 1.54) is 0 Å². The number of pyridine rings is 6. The molecule has 0 N–H and O–H groups in total. The Morgan fingerprint density at radius 2 is 0.513 bits per heavy atom. The molecule has 0 unspecified atom stereocenters. The maximum Gasteiger partial charge on any atom is 2.00 e. The Morgan fingerprint density at radius 1 is 0.282 bits per heavy atom. The molecule has 0 aliphatic carbocycles. The van der Waals surface area contributed by atoms with E-state index in [0.717, 1.165) is 22.8 Å². The zero-order valence-electron chi connectivity index (χ0n) is 20.8. The Kier molecular flexibility index (Phi) is 20.9. The average Bonchev–Trinajstić information content (AvgIpc) is 3.02. The first-order valence-corrected chi connectivity index (χ1v) is 11.3. The number of rotatable bonds is 2. The van der Waals surface area contributed by atoms with Gasteiger partial charge in [0.25, 0.3) is 0 Å². The van der Waals surface area contributed by atoms with Gasteiger partial charge in [0.2, 0.25) is 0 Å². The fraction of sp³-hybridized carbons (Fsp3) is 0. The van der Waals surface area contributed by atoms with E-state index in [2.05, 4.69) is 29.9 Å². The van der Waals surface area contributed by atoms with Crippen LogP contribution in [-0.2, 0) is 19.5 Å². The van der Waals surface area contributed by atoms with E-state index < -0.39 is 0 Å². The summed E-state index contributed by atoms with van der Waals surface area (Å²) in [5, 5.41) is 0. The molecule has 198 valence electrons. The molecule has 0 atom stereocenters. The Hall–Kier alpha value is -3.90. The van der Waals surface area contributed by atoms with Gasteiger partial charge in [-0.15, -0.1) is 0 Å². The molecule has 6 aromatic heterocycles. The second-order valence-electron chi connectivity index (χ2n) is 6.91. The van der Waals surface area contributed by atoms with Crippen molar-refractivity contribution >= 4 is 0 Å². The summed E-state index contributed by atoms with van der Waals surface area (Å²) < 4.78 is 0. The minimum Gasteiger partial charge on any atom is -1.00 e. The number of hydrogen-bond acceptors (Lipinski definition) is 6. The van der Waals surface area contributed by atoms with E-state index in [9.17, 15) is 0 Å². The Bertz CT molecular complexity index is 1070.